The van der Waals surface area contributed by atoms with E-state index in [9.17, 15) is 0 Å². The zero-order chi connectivity index (χ0) is 11.4. The van der Waals surface area contributed by atoms with E-state index in [0.29, 0.717) is 6.04 Å². The summed E-state index contributed by atoms with van der Waals surface area (Å²) < 4.78 is 1.24. The molecule has 0 radical (unpaired) electrons. The van der Waals surface area contributed by atoms with Gasteiger partial charge in [-0.25, -0.2) is 4.98 Å². The fourth-order valence-electron chi connectivity index (χ4n) is 2.15. The summed E-state index contributed by atoms with van der Waals surface area (Å²) in [6.07, 6.45) is 5.26. The van der Waals surface area contributed by atoms with Crippen LogP contribution in [0.4, 0.5) is 0 Å². The third kappa shape index (κ3) is 3.22. The minimum Gasteiger partial charge on any atom is -0.313 e. The SMILES string of the molecule is CCCNC1CCCC1Sc1nc(C)cs1. The Balaban J connectivity index is 1.88. The van der Waals surface area contributed by atoms with Gasteiger partial charge < -0.3 is 5.32 Å². The van der Waals surface area contributed by atoms with Crippen molar-refractivity contribution in [2.24, 2.45) is 0 Å². The maximum absolute atomic E-state index is 4.54. The lowest BCUT2D eigenvalue weighted by Crippen LogP contribution is -2.34. The number of aryl methyl sites for hydroxylation is 1. The van der Waals surface area contributed by atoms with Crippen molar-refractivity contribution >= 4 is 23.1 Å². The molecule has 0 saturated heterocycles. The topological polar surface area (TPSA) is 24.9 Å². The lowest BCUT2D eigenvalue weighted by molar-refractivity contribution is 0.531. The summed E-state index contributed by atoms with van der Waals surface area (Å²) in [4.78, 5) is 4.54. The first-order chi connectivity index (χ1) is 7.79. The van der Waals surface area contributed by atoms with Crippen LogP contribution in [-0.4, -0.2) is 22.8 Å². The Kier molecular flexibility index (Phi) is 4.67. The Bertz CT molecular complexity index is 325. The number of aromatic nitrogens is 1. The summed E-state index contributed by atoms with van der Waals surface area (Å²) >= 11 is 3.76. The Morgan fingerprint density at radius 3 is 3.12 bits per heavy atom. The highest BCUT2D eigenvalue weighted by Gasteiger charge is 2.28. The fourth-order valence-corrected chi connectivity index (χ4v) is 4.54. The van der Waals surface area contributed by atoms with Crippen molar-refractivity contribution in [1.82, 2.24) is 10.3 Å². The largest absolute Gasteiger partial charge is 0.313 e. The third-order valence-corrected chi connectivity index (χ3v) is 5.45. The molecule has 1 fully saturated rings. The highest BCUT2D eigenvalue weighted by Crippen LogP contribution is 2.36. The van der Waals surface area contributed by atoms with Crippen LogP contribution in [0.5, 0.6) is 0 Å². The van der Waals surface area contributed by atoms with Gasteiger partial charge in [-0.05, 0) is 32.7 Å². The van der Waals surface area contributed by atoms with Gasteiger partial charge in [0.15, 0.2) is 0 Å². The van der Waals surface area contributed by atoms with Crippen LogP contribution in [0, 0.1) is 6.92 Å². The molecule has 1 saturated carbocycles. The van der Waals surface area contributed by atoms with E-state index in [-0.39, 0.29) is 0 Å². The van der Waals surface area contributed by atoms with Gasteiger partial charge in [-0.15, -0.1) is 11.3 Å². The number of thiazole rings is 1. The number of rotatable bonds is 5. The predicted octanol–water partition coefficient (Wildman–Crippen LogP) is 3.46. The molecule has 1 aliphatic rings. The van der Waals surface area contributed by atoms with E-state index in [2.05, 4.69) is 29.5 Å². The molecule has 2 atom stereocenters. The molecular weight excluding hydrogens is 236 g/mol. The zero-order valence-electron chi connectivity index (χ0n) is 10.0. The highest BCUT2D eigenvalue weighted by atomic mass is 32.2. The maximum Gasteiger partial charge on any atom is 0.150 e. The molecular formula is C12H20N2S2. The van der Waals surface area contributed by atoms with Crippen LogP contribution in [0.15, 0.2) is 9.72 Å². The van der Waals surface area contributed by atoms with Gasteiger partial charge in [0, 0.05) is 22.4 Å². The van der Waals surface area contributed by atoms with Crippen molar-refractivity contribution in [1.29, 1.82) is 0 Å². The summed E-state index contributed by atoms with van der Waals surface area (Å²) in [7, 11) is 0. The van der Waals surface area contributed by atoms with Crippen molar-refractivity contribution in [2.45, 2.75) is 55.2 Å². The molecule has 1 N–H and O–H groups in total. The first-order valence-corrected chi connectivity index (χ1v) is 7.87. The number of nitrogens with one attached hydrogen (secondary N) is 1. The van der Waals surface area contributed by atoms with E-state index in [1.165, 1.54) is 30.0 Å². The van der Waals surface area contributed by atoms with Gasteiger partial charge in [0.05, 0.1) is 0 Å². The van der Waals surface area contributed by atoms with Crippen molar-refractivity contribution in [3.8, 4) is 0 Å². The molecule has 4 heteroatoms. The number of hydrogen-bond donors (Lipinski definition) is 1. The molecule has 1 aromatic heterocycles. The zero-order valence-corrected chi connectivity index (χ0v) is 11.7. The third-order valence-electron chi connectivity index (χ3n) is 2.96. The van der Waals surface area contributed by atoms with E-state index in [0.717, 1.165) is 17.5 Å². The van der Waals surface area contributed by atoms with Gasteiger partial charge in [-0.2, -0.15) is 0 Å². The Labute approximate surface area is 106 Å². The maximum atomic E-state index is 4.54. The van der Waals surface area contributed by atoms with Gasteiger partial charge in [-0.3, -0.25) is 0 Å². The van der Waals surface area contributed by atoms with Gasteiger partial charge in [0.25, 0.3) is 0 Å². The Morgan fingerprint density at radius 1 is 1.56 bits per heavy atom. The van der Waals surface area contributed by atoms with Crippen LogP contribution in [-0.2, 0) is 0 Å². The second-order valence-corrected chi connectivity index (χ2v) is 6.75. The van der Waals surface area contributed by atoms with Gasteiger partial charge in [-0.1, -0.05) is 25.1 Å². The summed E-state index contributed by atoms with van der Waals surface area (Å²) in [5, 5.41) is 6.54. The lowest BCUT2D eigenvalue weighted by atomic mass is 10.2. The summed E-state index contributed by atoms with van der Waals surface area (Å²) in [5.74, 6) is 0. The summed E-state index contributed by atoms with van der Waals surface area (Å²) in [5.41, 5.74) is 1.16. The van der Waals surface area contributed by atoms with Crippen LogP contribution in [0.1, 0.15) is 38.3 Å². The van der Waals surface area contributed by atoms with Gasteiger partial charge in [0.1, 0.15) is 4.34 Å². The minimum atomic E-state index is 0.703. The quantitative estimate of drug-likeness (QED) is 0.873. The first-order valence-electron chi connectivity index (χ1n) is 6.11. The van der Waals surface area contributed by atoms with Gasteiger partial charge in [0.2, 0.25) is 0 Å². The van der Waals surface area contributed by atoms with E-state index in [4.69, 9.17) is 0 Å². The number of thioether (sulfide) groups is 1. The second-order valence-electron chi connectivity index (χ2n) is 4.40. The molecule has 16 heavy (non-hydrogen) atoms. The molecule has 0 bridgehead atoms. The molecule has 1 heterocycles. The fraction of sp³-hybridized carbons (Fsp3) is 0.750. The smallest absolute Gasteiger partial charge is 0.150 e. The molecule has 0 amide bonds. The van der Waals surface area contributed by atoms with Crippen LogP contribution in [0.2, 0.25) is 0 Å². The average molecular weight is 256 g/mol. The molecule has 2 nitrogen and oxygen atoms in total. The molecule has 0 aromatic carbocycles. The summed E-state index contributed by atoms with van der Waals surface area (Å²) in [6.45, 7) is 5.45. The molecule has 1 aromatic rings. The predicted molar refractivity (Wildman–Crippen MR) is 72.4 cm³/mol. The van der Waals surface area contributed by atoms with Crippen molar-refractivity contribution in [3.05, 3.63) is 11.1 Å². The highest BCUT2D eigenvalue weighted by molar-refractivity contribution is 8.01. The van der Waals surface area contributed by atoms with E-state index in [1.54, 1.807) is 11.3 Å². The molecule has 0 spiro atoms. The molecule has 90 valence electrons. The van der Waals surface area contributed by atoms with E-state index in [1.807, 2.05) is 11.8 Å². The monoisotopic (exact) mass is 256 g/mol. The lowest BCUT2D eigenvalue weighted by Gasteiger charge is -2.19. The van der Waals surface area contributed by atoms with Crippen molar-refractivity contribution < 1.29 is 0 Å². The Morgan fingerprint density at radius 2 is 2.44 bits per heavy atom. The first kappa shape index (κ1) is 12.4. The van der Waals surface area contributed by atoms with Crippen LogP contribution in [0.25, 0.3) is 0 Å². The van der Waals surface area contributed by atoms with Crippen molar-refractivity contribution in [3.63, 3.8) is 0 Å². The minimum absolute atomic E-state index is 0.703. The number of nitrogens with zero attached hydrogens (tertiary/aromatic N) is 1. The van der Waals surface area contributed by atoms with Crippen LogP contribution in [0.3, 0.4) is 0 Å². The Hall–Kier alpha value is -0.0600. The molecule has 2 rings (SSSR count). The van der Waals surface area contributed by atoms with E-state index >= 15 is 0 Å². The van der Waals surface area contributed by atoms with Crippen LogP contribution >= 0.6 is 23.1 Å². The van der Waals surface area contributed by atoms with Gasteiger partial charge >= 0.3 is 0 Å². The van der Waals surface area contributed by atoms with Crippen molar-refractivity contribution in [2.75, 3.05) is 6.54 Å². The molecule has 1 aliphatic carbocycles. The van der Waals surface area contributed by atoms with E-state index < -0.39 is 0 Å². The number of hydrogen-bond acceptors (Lipinski definition) is 4. The summed E-state index contributed by atoms with van der Waals surface area (Å²) in [6, 6.07) is 0.703. The molecule has 2 unspecified atom stereocenters. The normalized spacial score (nSPS) is 25.1. The van der Waals surface area contributed by atoms with Crippen LogP contribution < -0.4 is 5.32 Å². The average Bonchev–Trinajstić information content (AvgIpc) is 2.86. The molecule has 0 aliphatic heterocycles. The standard InChI is InChI=1S/C12H20N2S2/c1-3-7-13-10-5-4-6-11(10)16-12-14-9(2)8-15-12/h8,10-11,13H,3-7H2,1-2H3. The second kappa shape index (κ2) is 6.03.